The molecule has 2 aliphatic rings. The lowest BCUT2D eigenvalue weighted by molar-refractivity contribution is -0.139. The topological polar surface area (TPSA) is 78.5 Å². The number of hydrogen-bond acceptors (Lipinski definition) is 6. The molecule has 1 saturated carbocycles. The molecule has 0 aromatic carbocycles. The summed E-state index contributed by atoms with van der Waals surface area (Å²) in [5.74, 6) is 1.23. The molecular weight excluding hydrogens is 402 g/mol. The Morgan fingerprint density at radius 2 is 2.06 bits per heavy atom. The van der Waals surface area contributed by atoms with Crippen LogP contribution in [-0.4, -0.2) is 68.3 Å². The third-order valence-electron chi connectivity index (χ3n) is 6.86. The van der Waals surface area contributed by atoms with Crippen molar-refractivity contribution in [2.24, 2.45) is 10.8 Å². The van der Waals surface area contributed by atoms with Crippen molar-refractivity contribution >= 4 is 17.4 Å². The van der Waals surface area contributed by atoms with Crippen LogP contribution in [0.4, 0.5) is 11.5 Å². The third kappa shape index (κ3) is 6.35. The van der Waals surface area contributed by atoms with E-state index in [-0.39, 0.29) is 28.9 Å². The SMILES string of the molecule is CNc1nc(C2CCC(C)(C)C(NC(=O)C3CN(C)CCO3)C2)ccc1NCC(C)(C)C. The minimum absolute atomic E-state index is 0.0147. The van der Waals surface area contributed by atoms with Crippen LogP contribution in [0.3, 0.4) is 0 Å². The Bertz CT molecular complexity index is 789. The first-order valence-electron chi connectivity index (χ1n) is 12.0. The molecule has 3 atom stereocenters. The molecule has 0 bridgehead atoms. The molecule has 1 aromatic heterocycles. The van der Waals surface area contributed by atoms with Crippen LogP contribution in [0.1, 0.15) is 65.5 Å². The largest absolute Gasteiger partial charge is 0.382 e. The van der Waals surface area contributed by atoms with Gasteiger partial charge in [-0.25, -0.2) is 4.98 Å². The first-order valence-corrected chi connectivity index (χ1v) is 12.0. The minimum Gasteiger partial charge on any atom is -0.382 e. The summed E-state index contributed by atoms with van der Waals surface area (Å²) in [5.41, 5.74) is 2.37. The van der Waals surface area contributed by atoms with Crippen molar-refractivity contribution in [2.45, 2.75) is 71.9 Å². The van der Waals surface area contributed by atoms with Gasteiger partial charge in [-0.3, -0.25) is 4.79 Å². The number of nitrogens with one attached hydrogen (secondary N) is 3. The molecule has 32 heavy (non-hydrogen) atoms. The van der Waals surface area contributed by atoms with Crippen LogP contribution < -0.4 is 16.0 Å². The average Bonchev–Trinajstić information content (AvgIpc) is 2.73. The molecule has 0 spiro atoms. The van der Waals surface area contributed by atoms with Crippen LogP contribution in [0.15, 0.2) is 12.1 Å². The number of ether oxygens (including phenoxy) is 1. The Labute approximate surface area is 194 Å². The Kier molecular flexibility index (Phi) is 7.71. The van der Waals surface area contributed by atoms with Gasteiger partial charge >= 0.3 is 0 Å². The van der Waals surface area contributed by atoms with E-state index in [1.54, 1.807) is 0 Å². The summed E-state index contributed by atoms with van der Waals surface area (Å²) in [4.78, 5) is 20.1. The van der Waals surface area contributed by atoms with Crippen molar-refractivity contribution in [1.29, 1.82) is 0 Å². The van der Waals surface area contributed by atoms with Gasteiger partial charge in [0.05, 0.1) is 12.3 Å². The zero-order valence-corrected chi connectivity index (χ0v) is 21.0. The highest BCUT2D eigenvalue weighted by molar-refractivity contribution is 5.81. The first-order chi connectivity index (χ1) is 15.0. The quantitative estimate of drug-likeness (QED) is 0.620. The Morgan fingerprint density at radius 1 is 1.31 bits per heavy atom. The van der Waals surface area contributed by atoms with E-state index in [0.29, 0.717) is 19.1 Å². The van der Waals surface area contributed by atoms with E-state index in [9.17, 15) is 4.79 Å². The molecule has 7 heteroatoms. The predicted octanol–water partition coefficient (Wildman–Crippen LogP) is 3.69. The molecule has 1 aromatic rings. The molecule has 2 fully saturated rings. The van der Waals surface area contributed by atoms with Gasteiger partial charge in [-0.1, -0.05) is 34.6 Å². The maximum Gasteiger partial charge on any atom is 0.250 e. The number of aromatic nitrogens is 1. The fourth-order valence-corrected chi connectivity index (χ4v) is 4.56. The highest BCUT2D eigenvalue weighted by atomic mass is 16.5. The number of morpholine rings is 1. The maximum absolute atomic E-state index is 12.9. The van der Waals surface area contributed by atoms with Crippen LogP contribution in [-0.2, 0) is 9.53 Å². The summed E-state index contributed by atoms with van der Waals surface area (Å²) >= 11 is 0. The lowest BCUT2D eigenvalue weighted by Gasteiger charge is -2.43. The van der Waals surface area contributed by atoms with E-state index >= 15 is 0 Å². The minimum atomic E-state index is -0.382. The van der Waals surface area contributed by atoms with E-state index in [2.05, 4.69) is 67.6 Å². The third-order valence-corrected chi connectivity index (χ3v) is 6.86. The number of pyridine rings is 1. The van der Waals surface area contributed by atoms with Gasteiger partial charge in [0, 0.05) is 44.3 Å². The number of nitrogens with zero attached hydrogens (tertiary/aromatic N) is 2. The normalized spacial score (nSPS) is 26.4. The van der Waals surface area contributed by atoms with Crippen LogP contribution in [0.25, 0.3) is 0 Å². The van der Waals surface area contributed by atoms with E-state index in [1.807, 2.05) is 14.1 Å². The fourth-order valence-electron chi connectivity index (χ4n) is 4.56. The standard InChI is InChI=1S/C25H43N5O2/c1-24(2,3)16-27-19-9-8-18(28-22(19)26-6)17-10-11-25(4,5)21(14-17)29-23(31)20-15-30(7)12-13-32-20/h8-9,17,20-21,27H,10-16H2,1-7H3,(H,26,28)(H,29,31). The first kappa shape index (κ1) is 24.8. The van der Waals surface area contributed by atoms with Crippen LogP contribution >= 0.6 is 0 Å². The molecule has 3 unspecified atom stereocenters. The van der Waals surface area contributed by atoms with Gasteiger partial charge in [0.15, 0.2) is 0 Å². The molecule has 1 aliphatic carbocycles. The number of hydrogen-bond donors (Lipinski definition) is 3. The lowest BCUT2D eigenvalue weighted by Crippen LogP contribution is -2.55. The van der Waals surface area contributed by atoms with Crippen LogP contribution in [0.2, 0.25) is 0 Å². The lowest BCUT2D eigenvalue weighted by atomic mass is 9.68. The summed E-state index contributed by atoms with van der Waals surface area (Å²) in [6, 6.07) is 4.38. The van der Waals surface area contributed by atoms with Gasteiger partial charge in [-0.05, 0) is 49.3 Å². The predicted molar refractivity (Wildman–Crippen MR) is 131 cm³/mol. The summed E-state index contributed by atoms with van der Waals surface area (Å²) in [6.07, 6.45) is 2.64. The molecule has 0 radical (unpaired) electrons. The summed E-state index contributed by atoms with van der Waals surface area (Å²) in [7, 11) is 3.96. The molecule has 2 heterocycles. The summed E-state index contributed by atoms with van der Waals surface area (Å²) in [6.45, 7) is 14.2. The van der Waals surface area contributed by atoms with Gasteiger partial charge in [-0.15, -0.1) is 0 Å². The Morgan fingerprint density at radius 3 is 2.72 bits per heavy atom. The second-order valence-electron chi connectivity index (χ2n) is 11.4. The van der Waals surface area contributed by atoms with E-state index in [4.69, 9.17) is 9.72 Å². The average molecular weight is 446 g/mol. The number of carbonyl (C=O) groups excluding carboxylic acids is 1. The Balaban J connectivity index is 1.70. The highest BCUT2D eigenvalue weighted by Crippen LogP contribution is 2.43. The number of anilines is 2. The van der Waals surface area contributed by atoms with E-state index < -0.39 is 0 Å². The van der Waals surface area contributed by atoms with Gasteiger partial charge < -0.3 is 25.6 Å². The number of likely N-dealkylation sites (N-methyl/N-ethyl adjacent to an activating group) is 1. The monoisotopic (exact) mass is 445 g/mol. The van der Waals surface area contributed by atoms with Crippen molar-refractivity contribution in [2.75, 3.05) is 51.0 Å². The highest BCUT2D eigenvalue weighted by Gasteiger charge is 2.39. The van der Waals surface area contributed by atoms with Gasteiger partial charge in [0.2, 0.25) is 0 Å². The second-order valence-corrected chi connectivity index (χ2v) is 11.4. The summed E-state index contributed by atoms with van der Waals surface area (Å²) in [5, 5.41) is 10.1. The number of carbonyl (C=O) groups is 1. The summed E-state index contributed by atoms with van der Waals surface area (Å²) < 4.78 is 5.74. The molecule has 180 valence electrons. The second kappa shape index (κ2) is 9.96. The molecule has 3 N–H and O–H groups in total. The van der Waals surface area contributed by atoms with E-state index in [1.165, 1.54) is 0 Å². The molecule has 7 nitrogen and oxygen atoms in total. The zero-order chi connectivity index (χ0) is 23.5. The molecule has 3 rings (SSSR count). The van der Waals surface area contributed by atoms with E-state index in [0.717, 1.165) is 49.6 Å². The van der Waals surface area contributed by atoms with Crippen molar-refractivity contribution in [3.05, 3.63) is 17.8 Å². The molecule has 1 aliphatic heterocycles. The van der Waals surface area contributed by atoms with Crippen LogP contribution in [0, 0.1) is 10.8 Å². The van der Waals surface area contributed by atoms with Gasteiger partial charge in [-0.2, -0.15) is 0 Å². The molecule has 1 saturated heterocycles. The fraction of sp³-hybridized carbons (Fsp3) is 0.760. The maximum atomic E-state index is 12.9. The number of rotatable bonds is 6. The number of amides is 1. The van der Waals surface area contributed by atoms with Crippen LogP contribution in [0.5, 0.6) is 0 Å². The van der Waals surface area contributed by atoms with Crippen molar-refractivity contribution in [3.8, 4) is 0 Å². The smallest absolute Gasteiger partial charge is 0.250 e. The van der Waals surface area contributed by atoms with Gasteiger partial charge in [0.1, 0.15) is 11.9 Å². The van der Waals surface area contributed by atoms with Crippen molar-refractivity contribution < 1.29 is 9.53 Å². The zero-order valence-electron chi connectivity index (χ0n) is 21.0. The van der Waals surface area contributed by atoms with Crippen molar-refractivity contribution in [1.82, 2.24) is 15.2 Å². The molecular formula is C25H43N5O2. The molecule has 1 amide bonds. The van der Waals surface area contributed by atoms with Crippen molar-refractivity contribution in [3.63, 3.8) is 0 Å². The van der Waals surface area contributed by atoms with Gasteiger partial charge in [0.25, 0.3) is 5.91 Å². The Hall–Kier alpha value is -1.86.